The number of hydrogen-bond acceptors (Lipinski definition) is 2. The molecule has 1 aliphatic carbocycles. The van der Waals surface area contributed by atoms with E-state index in [0.29, 0.717) is 12.1 Å². The van der Waals surface area contributed by atoms with Gasteiger partial charge in [-0.25, -0.2) is 0 Å². The highest BCUT2D eigenvalue weighted by atomic mass is 35.5. The minimum Gasteiger partial charge on any atom is -0.355 e. The van der Waals surface area contributed by atoms with Gasteiger partial charge in [0.05, 0.1) is 38.4 Å². The number of ketones is 1. The van der Waals surface area contributed by atoms with Gasteiger partial charge in [0, 0.05) is 18.5 Å². The summed E-state index contributed by atoms with van der Waals surface area (Å²) in [5.41, 5.74) is -4.43. The first-order valence-electron chi connectivity index (χ1n) is 11.7. The van der Waals surface area contributed by atoms with Crippen molar-refractivity contribution in [2.24, 2.45) is 5.41 Å². The lowest BCUT2D eigenvalue weighted by atomic mass is 9.91. The van der Waals surface area contributed by atoms with Crippen LogP contribution in [0.5, 0.6) is 0 Å². The first-order valence-corrected chi connectivity index (χ1v) is 12.9. The van der Waals surface area contributed by atoms with Gasteiger partial charge in [0.25, 0.3) is 0 Å². The van der Waals surface area contributed by atoms with Crippen molar-refractivity contribution >= 4 is 52.6 Å². The van der Waals surface area contributed by atoms with Crippen LogP contribution in [-0.2, 0) is 11.0 Å². The van der Waals surface area contributed by atoms with Gasteiger partial charge in [0.1, 0.15) is 0 Å². The molecule has 0 saturated heterocycles. The van der Waals surface area contributed by atoms with Gasteiger partial charge in [-0.1, -0.05) is 59.1 Å². The third-order valence-electron chi connectivity index (χ3n) is 6.38. The first-order chi connectivity index (χ1) is 18.7. The van der Waals surface area contributed by atoms with Crippen LogP contribution in [0, 0.1) is 5.41 Å². The van der Waals surface area contributed by atoms with Crippen molar-refractivity contribution in [3.63, 3.8) is 0 Å². The Bertz CT molecular complexity index is 1320. The van der Waals surface area contributed by atoms with E-state index in [1.54, 1.807) is 0 Å². The maximum atomic E-state index is 13.9. The van der Waals surface area contributed by atoms with Crippen LogP contribution in [0.2, 0.25) is 15.1 Å². The summed E-state index contributed by atoms with van der Waals surface area (Å²) in [5, 5.41) is 1.36. The number of amides is 1. The molecule has 1 unspecified atom stereocenters. The molecule has 0 aliphatic heterocycles. The van der Waals surface area contributed by atoms with Crippen molar-refractivity contribution in [2.75, 3.05) is 6.54 Å². The molecule has 0 aromatic heterocycles. The van der Waals surface area contributed by atoms with Crippen molar-refractivity contribution in [3.05, 3.63) is 73.7 Å². The second-order valence-electron chi connectivity index (χ2n) is 9.48. The Morgan fingerprint density at radius 1 is 0.927 bits per heavy atom. The molecule has 3 rings (SSSR count). The number of hydrogen-bond donors (Lipinski definition) is 1. The van der Waals surface area contributed by atoms with Gasteiger partial charge >= 0.3 is 18.5 Å². The lowest BCUT2D eigenvalue weighted by Gasteiger charge is -2.19. The zero-order valence-electron chi connectivity index (χ0n) is 20.5. The number of rotatable bonds is 9. The second-order valence-corrected chi connectivity index (χ2v) is 10.7. The molecule has 224 valence electrons. The summed E-state index contributed by atoms with van der Waals surface area (Å²) in [6.07, 6.45) is -15.0. The molecule has 1 N–H and O–H groups in total. The topological polar surface area (TPSA) is 46.2 Å². The standard InChI is InChI=1S/C26H19Cl3F9NO2/c27-18-10-14(11-19(28)21(18)29)16(25(33,34)35)4-2-13-1-3-15(17(9-13)26(36,37)38)20(40)12-23(5-6-23)22(41)39-8-7-24(30,31)32/h1-4,9-11,16H,5-8,12H2,(H,39,41)/b4-2+. The Labute approximate surface area is 242 Å². The summed E-state index contributed by atoms with van der Waals surface area (Å²) in [4.78, 5) is 25.2. The maximum Gasteiger partial charge on any atom is 0.417 e. The molecular weight excluding hydrogens is 636 g/mol. The molecule has 1 fully saturated rings. The molecule has 1 amide bonds. The van der Waals surface area contributed by atoms with Gasteiger partial charge in [-0.15, -0.1) is 0 Å². The van der Waals surface area contributed by atoms with Gasteiger partial charge < -0.3 is 5.32 Å². The van der Waals surface area contributed by atoms with Crippen molar-refractivity contribution < 1.29 is 49.1 Å². The molecule has 1 aliphatic rings. The first kappa shape index (κ1) is 33.1. The maximum absolute atomic E-state index is 13.9. The number of benzene rings is 2. The number of carbonyl (C=O) groups is 2. The predicted octanol–water partition coefficient (Wildman–Crippen LogP) is 9.45. The molecule has 15 heteroatoms. The Hall–Kier alpha value is -2.44. The Morgan fingerprint density at radius 3 is 2.00 bits per heavy atom. The highest BCUT2D eigenvalue weighted by molar-refractivity contribution is 6.48. The summed E-state index contributed by atoms with van der Waals surface area (Å²) in [7, 11) is 0. The van der Waals surface area contributed by atoms with E-state index in [1.165, 1.54) is 0 Å². The third kappa shape index (κ3) is 8.54. The Balaban J connectivity index is 1.86. The monoisotopic (exact) mass is 653 g/mol. The van der Waals surface area contributed by atoms with Crippen LogP contribution in [-0.4, -0.2) is 30.6 Å². The number of alkyl halides is 9. The van der Waals surface area contributed by atoms with Crippen LogP contribution in [0.1, 0.15) is 58.6 Å². The molecule has 0 radical (unpaired) electrons. The predicted molar refractivity (Wildman–Crippen MR) is 135 cm³/mol. The van der Waals surface area contributed by atoms with Crippen LogP contribution in [0.3, 0.4) is 0 Å². The quantitative estimate of drug-likeness (QED) is 0.166. The van der Waals surface area contributed by atoms with Crippen LogP contribution in [0.15, 0.2) is 36.4 Å². The lowest BCUT2D eigenvalue weighted by molar-refractivity contribution is -0.140. The van der Waals surface area contributed by atoms with E-state index >= 15 is 0 Å². The molecule has 0 bridgehead atoms. The summed E-state index contributed by atoms with van der Waals surface area (Å²) in [6, 6.07) is 4.11. The number of nitrogens with one attached hydrogen (secondary N) is 1. The second kappa shape index (κ2) is 12.0. The van der Waals surface area contributed by atoms with E-state index in [1.807, 2.05) is 0 Å². The number of halogens is 12. The largest absolute Gasteiger partial charge is 0.417 e. The van der Waals surface area contributed by atoms with Gasteiger partial charge in [-0.05, 0) is 42.2 Å². The average Bonchev–Trinajstić information content (AvgIpc) is 3.60. The fourth-order valence-electron chi connectivity index (χ4n) is 4.06. The van der Waals surface area contributed by atoms with Crippen LogP contribution >= 0.6 is 34.8 Å². The van der Waals surface area contributed by atoms with E-state index < -0.39 is 77.6 Å². The van der Waals surface area contributed by atoms with Crippen LogP contribution in [0.25, 0.3) is 6.08 Å². The third-order valence-corrected chi connectivity index (χ3v) is 7.57. The molecule has 41 heavy (non-hydrogen) atoms. The van der Waals surface area contributed by atoms with Gasteiger partial charge in [-0.2, -0.15) is 39.5 Å². The highest BCUT2D eigenvalue weighted by Gasteiger charge is 2.51. The van der Waals surface area contributed by atoms with Crippen molar-refractivity contribution in [3.8, 4) is 0 Å². The van der Waals surface area contributed by atoms with E-state index in [0.717, 1.165) is 30.3 Å². The fourth-order valence-corrected chi connectivity index (χ4v) is 4.67. The van der Waals surface area contributed by atoms with Crippen LogP contribution in [0.4, 0.5) is 39.5 Å². The van der Waals surface area contributed by atoms with E-state index in [4.69, 9.17) is 34.8 Å². The SMILES string of the molecule is O=C(CC1(C(=O)NCCC(F)(F)F)CC1)c1ccc(/C=C/C(c2cc(Cl)c(Cl)c(Cl)c2)C(F)(F)F)cc1C(F)(F)F. The molecule has 3 nitrogen and oxygen atoms in total. The summed E-state index contributed by atoms with van der Waals surface area (Å²) in [5.74, 6) is -4.28. The van der Waals surface area contributed by atoms with E-state index in [9.17, 15) is 49.1 Å². The van der Waals surface area contributed by atoms with Crippen molar-refractivity contribution in [1.82, 2.24) is 5.32 Å². The molecule has 0 spiro atoms. The highest BCUT2D eigenvalue weighted by Crippen LogP contribution is 2.50. The minimum absolute atomic E-state index is 0.0936. The molecule has 2 aromatic rings. The normalized spacial score (nSPS) is 16.1. The summed E-state index contributed by atoms with van der Waals surface area (Å²) >= 11 is 17.4. The Morgan fingerprint density at radius 2 is 1.51 bits per heavy atom. The number of carbonyl (C=O) groups excluding carboxylic acids is 2. The van der Waals surface area contributed by atoms with E-state index in [2.05, 4.69) is 5.32 Å². The minimum atomic E-state index is -5.10. The summed E-state index contributed by atoms with van der Waals surface area (Å²) in [6.45, 7) is -0.750. The molecule has 1 saturated carbocycles. The molecular formula is C26H19Cl3F9NO2. The van der Waals surface area contributed by atoms with Crippen LogP contribution < -0.4 is 5.32 Å². The van der Waals surface area contributed by atoms with Gasteiger partial charge in [-0.3, -0.25) is 9.59 Å². The van der Waals surface area contributed by atoms with Gasteiger partial charge in [0.2, 0.25) is 5.91 Å². The molecule has 2 aromatic carbocycles. The zero-order valence-corrected chi connectivity index (χ0v) is 22.8. The van der Waals surface area contributed by atoms with E-state index in [-0.39, 0.29) is 33.5 Å². The Kier molecular flexibility index (Phi) is 9.71. The van der Waals surface area contributed by atoms with Crippen molar-refractivity contribution in [2.45, 2.75) is 50.1 Å². The number of Topliss-reactive ketones (excluding diaryl/α,β-unsaturated/α-hetero) is 1. The smallest absolute Gasteiger partial charge is 0.355 e. The fraction of sp³-hybridized carbons (Fsp3) is 0.385. The zero-order chi connectivity index (χ0) is 31.0. The number of allylic oxidation sites excluding steroid dienone is 1. The molecule has 1 atom stereocenters. The van der Waals surface area contributed by atoms with Crippen molar-refractivity contribution in [1.29, 1.82) is 0 Å². The average molecular weight is 655 g/mol. The lowest BCUT2D eigenvalue weighted by Crippen LogP contribution is -2.35. The van der Waals surface area contributed by atoms with Gasteiger partial charge in [0.15, 0.2) is 5.78 Å². The summed E-state index contributed by atoms with van der Waals surface area (Å²) < 4.78 is 120. The molecule has 0 heterocycles.